The Balaban J connectivity index is 1.82. The molecule has 4 atom stereocenters. The average molecular weight is 258 g/mol. The lowest BCUT2D eigenvalue weighted by atomic mass is 10.0. The zero-order valence-corrected chi connectivity index (χ0v) is 11.4. The Kier molecular flexibility index (Phi) is 4.98. The number of hydrogen-bond donors (Lipinski definition) is 3. The predicted molar refractivity (Wildman–Crippen MR) is 69.4 cm³/mol. The van der Waals surface area contributed by atoms with Gasteiger partial charge in [-0.05, 0) is 39.4 Å². The average Bonchev–Trinajstić information content (AvgIpc) is 2.61. The molecular formula is C13H26N2O3. The fourth-order valence-corrected chi connectivity index (χ4v) is 3.15. The number of aliphatic hydroxyl groups excluding tert-OH is 2. The Labute approximate surface area is 109 Å². The first kappa shape index (κ1) is 14.2. The summed E-state index contributed by atoms with van der Waals surface area (Å²) < 4.78 is 5.09. The molecule has 0 aromatic carbocycles. The van der Waals surface area contributed by atoms with Gasteiger partial charge in [-0.3, -0.25) is 0 Å². The van der Waals surface area contributed by atoms with E-state index in [1.54, 1.807) is 7.11 Å². The quantitative estimate of drug-likeness (QED) is 0.630. The molecule has 0 aromatic rings. The Morgan fingerprint density at radius 1 is 1.22 bits per heavy atom. The van der Waals surface area contributed by atoms with Crippen LogP contribution in [0.4, 0.5) is 0 Å². The van der Waals surface area contributed by atoms with Gasteiger partial charge < -0.3 is 25.2 Å². The highest BCUT2D eigenvalue weighted by Gasteiger charge is 2.42. The lowest BCUT2D eigenvalue weighted by Crippen LogP contribution is -2.49. The van der Waals surface area contributed by atoms with Gasteiger partial charge in [0, 0.05) is 25.1 Å². The van der Waals surface area contributed by atoms with Crippen molar-refractivity contribution < 1.29 is 14.9 Å². The summed E-state index contributed by atoms with van der Waals surface area (Å²) in [6.45, 7) is 2.72. The Hall–Kier alpha value is -0.200. The molecule has 1 saturated carbocycles. The second-order valence-electron chi connectivity index (χ2n) is 5.78. The van der Waals surface area contributed by atoms with Crippen LogP contribution >= 0.6 is 0 Å². The smallest absolute Gasteiger partial charge is 0.0955 e. The minimum absolute atomic E-state index is 0.00792. The second kappa shape index (κ2) is 6.30. The summed E-state index contributed by atoms with van der Waals surface area (Å²) in [6, 6.07) is 0.475. The molecule has 0 bridgehead atoms. The van der Waals surface area contributed by atoms with Gasteiger partial charge in [0.1, 0.15) is 0 Å². The first-order valence-electron chi connectivity index (χ1n) is 6.91. The van der Waals surface area contributed by atoms with Crippen LogP contribution in [0.25, 0.3) is 0 Å². The molecule has 5 nitrogen and oxygen atoms in total. The monoisotopic (exact) mass is 258 g/mol. The van der Waals surface area contributed by atoms with Crippen molar-refractivity contribution in [3.63, 3.8) is 0 Å². The molecule has 2 fully saturated rings. The van der Waals surface area contributed by atoms with Crippen molar-refractivity contribution in [1.29, 1.82) is 0 Å². The van der Waals surface area contributed by atoms with E-state index in [0.29, 0.717) is 12.6 Å². The van der Waals surface area contributed by atoms with Crippen molar-refractivity contribution >= 4 is 0 Å². The van der Waals surface area contributed by atoms with E-state index in [1.807, 2.05) is 0 Å². The number of rotatable bonds is 4. The molecule has 0 aromatic heterocycles. The van der Waals surface area contributed by atoms with E-state index in [-0.39, 0.29) is 12.0 Å². The van der Waals surface area contributed by atoms with Gasteiger partial charge in [-0.2, -0.15) is 0 Å². The molecule has 0 unspecified atom stereocenters. The van der Waals surface area contributed by atoms with Gasteiger partial charge in [0.2, 0.25) is 0 Å². The van der Waals surface area contributed by atoms with Crippen LogP contribution in [0.1, 0.15) is 19.3 Å². The van der Waals surface area contributed by atoms with Crippen LogP contribution in [-0.2, 0) is 4.74 Å². The molecule has 0 amide bonds. The molecule has 1 heterocycles. The van der Waals surface area contributed by atoms with Gasteiger partial charge >= 0.3 is 0 Å². The summed E-state index contributed by atoms with van der Waals surface area (Å²) in [6.07, 6.45) is 1.71. The van der Waals surface area contributed by atoms with Crippen LogP contribution in [-0.4, -0.2) is 73.3 Å². The number of hydrogen-bond acceptors (Lipinski definition) is 5. The van der Waals surface area contributed by atoms with Crippen molar-refractivity contribution in [2.45, 2.75) is 43.6 Å². The SMILES string of the molecule is COC[C@H]1C[C@@H](NC2CCN(C)CC2)[C@H](O)[C@@H]1O. The molecule has 0 spiro atoms. The van der Waals surface area contributed by atoms with Crippen LogP contribution < -0.4 is 5.32 Å². The highest BCUT2D eigenvalue weighted by atomic mass is 16.5. The molecule has 2 aliphatic rings. The number of aliphatic hydroxyl groups is 2. The number of likely N-dealkylation sites (tertiary alicyclic amines) is 1. The van der Waals surface area contributed by atoms with Gasteiger partial charge in [0.25, 0.3) is 0 Å². The number of ether oxygens (including phenoxy) is 1. The summed E-state index contributed by atoms with van der Waals surface area (Å²) in [7, 11) is 3.77. The number of piperidine rings is 1. The highest BCUT2D eigenvalue weighted by Crippen LogP contribution is 2.28. The van der Waals surface area contributed by atoms with E-state index in [0.717, 1.165) is 32.4 Å². The lowest BCUT2D eigenvalue weighted by molar-refractivity contribution is -0.00729. The Bertz CT molecular complexity index is 257. The largest absolute Gasteiger partial charge is 0.390 e. The Morgan fingerprint density at radius 2 is 1.89 bits per heavy atom. The molecule has 1 aliphatic carbocycles. The highest BCUT2D eigenvalue weighted by molar-refractivity contribution is 4.97. The summed E-state index contributed by atoms with van der Waals surface area (Å²) in [5.74, 6) is 0.0498. The summed E-state index contributed by atoms with van der Waals surface area (Å²) in [5.41, 5.74) is 0. The van der Waals surface area contributed by atoms with Crippen LogP contribution in [0.2, 0.25) is 0 Å². The summed E-state index contributed by atoms with van der Waals surface area (Å²) >= 11 is 0. The molecular weight excluding hydrogens is 232 g/mol. The van der Waals surface area contributed by atoms with E-state index in [9.17, 15) is 10.2 Å². The van der Waals surface area contributed by atoms with E-state index >= 15 is 0 Å². The van der Waals surface area contributed by atoms with Crippen LogP contribution in [0.3, 0.4) is 0 Å². The Morgan fingerprint density at radius 3 is 2.50 bits per heavy atom. The van der Waals surface area contributed by atoms with E-state index in [4.69, 9.17) is 4.74 Å². The van der Waals surface area contributed by atoms with Crippen molar-refractivity contribution in [1.82, 2.24) is 10.2 Å². The van der Waals surface area contributed by atoms with E-state index < -0.39 is 12.2 Å². The third-order valence-electron chi connectivity index (χ3n) is 4.35. The zero-order valence-electron chi connectivity index (χ0n) is 11.4. The second-order valence-corrected chi connectivity index (χ2v) is 5.78. The minimum atomic E-state index is -0.662. The van der Waals surface area contributed by atoms with Gasteiger partial charge in [-0.1, -0.05) is 0 Å². The predicted octanol–water partition coefficient (Wildman–Crippen LogP) is -0.573. The maximum atomic E-state index is 10.1. The fraction of sp³-hybridized carbons (Fsp3) is 1.00. The molecule has 106 valence electrons. The molecule has 0 radical (unpaired) electrons. The van der Waals surface area contributed by atoms with Crippen LogP contribution in [0.15, 0.2) is 0 Å². The lowest BCUT2D eigenvalue weighted by Gasteiger charge is -2.32. The molecule has 1 aliphatic heterocycles. The minimum Gasteiger partial charge on any atom is -0.390 e. The normalized spacial score (nSPS) is 39.3. The van der Waals surface area contributed by atoms with Crippen molar-refractivity contribution in [3.8, 4) is 0 Å². The van der Waals surface area contributed by atoms with Gasteiger partial charge in [0.15, 0.2) is 0 Å². The molecule has 18 heavy (non-hydrogen) atoms. The first-order valence-corrected chi connectivity index (χ1v) is 6.91. The maximum absolute atomic E-state index is 10.1. The number of nitrogens with one attached hydrogen (secondary N) is 1. The van der Waals surface area contributed by atoms with Crippen LogP contribution in [0.5, 0.6) is 0 Å². The van der Waals surface area contributed by atoms with Crippen LogP contribution in [0, 0.1) is 5.92 Å². The topological polar surface area (TPSA) is 65.0 Å². The van der Waals surface area contributed by atoms with Crippen molar-refractivity contribution in [3.05, 3.63) is 0 Å². The maximum Gasteiger partial charge on any atom is 0.0955 e. The number of nitrogens with zero attached hydrogens (tertiary/aromatic N) is 1. The number of methoxy groups -OCH3 is 1. The zero-order chi connectivity index (χ0) is 13.1. The molecule has 2 rings (SSSR count). The third kappa shape index (κ3) is 3.22. The standard InChI is InChI=1S/C13H26N2O3/c1-15-5-3-10(4-6-15)14-11-7-9(8-18-2)12(16)13(11)17/h9-14,16-17H,3-8H2,1-2H3/t9-,11-,12-,13+/m1/s1. The third-order valence-corrected chi connectivity index (χ3v) is 4.35. The van der Waals surface area contributed by atoms with Gasteiger partial charge in [-0.15, -0.1) is 0 Å². The van der Waals surface area contributed by atoms with Gasteiger partial charge in [-0.25, -0.2) is 0 Å². The molecule has 3 N–H and O–H groups in total. The summed E-state index contributed by atoms with van der Waals surface area (Å²) in [5, 5.41) is 23.5. The van der Waals surface area contributed by atoms with E-state index in [2.05, 4.69) is 17.3 Å². The van der Waals surface area contributed by atoms with Crippen molar-refractivity contribution in [2.75, 3.05) is 33.9 Å². The molecule has 1 saturated heterocycles. The first-order chi connectivity index (χ1) is 8.61. The summed E-state index contributed by atoms with van der Waals surface area (Å²) in [4.78, 5) is 2.33. The van der Waals surface area contributed by atoms with Gasteiger partial charge in [0.05, 0.1) is 18.8 Å². The fourth-order valence-electron chi connectivity index (χ4n) is 3.15. The van der Waals surface area contributed by atoms with E-state index in [1.165, 1.54) is 0 Å². The van der Waals surface area contributed by atoms with Crippen molar-refractivity contribution in [2.24, 2.45) is 5.92 Å². The molecule has 5 heteroatoms.